The molecule has 0 aliphatic carbocycles. The fourth-order valence-corrected chi connectivity index (χ4v) is 6.21. The summed E-state index contributed by atoms with van der Waals surface area (Å²) in [6.45, 7) is 22.0. The molecule has 0 radical (unpaired) electrons. The lowest BCUT2D eigenvalue weighted by molar-refractivity contribution is -0.158. The van der Waals surface area contributed by atoms with Crippen LogP contribution in [-0.4, -0.2) is 69.2 Å². The van der Waals surface area contributed by atoms with Gasteiger partial charge in [0.25, 0.3) is 0 Å². The number of ether oxygens (including phenoxy) is 2. The quantitative estimate of drug-likeness (QED) is 0.475. The van der Waals surface area contributed by atoms with E-state index in [-0.39, 0.29) is 46.3 Å². The summed E-state index contributed by atoms with van der Waals surface area (Å²) in [6.07, 6.45) is 3.12. The Hall–Kier alpha value is -1.58. The molecule has 0 aromatic carbocycles. The molecular formula is C26H44N2O4. The van der Waals surface area contributed by atoms with Crippen LogP contribution in [0.15, 0.2) is 0 Å². The molecule has 0 N–H and O–H groups in total. The second-order valence-electron chi connectivity index (χ2n) is 12.1. The van der Waals surface area contributed by atoms with Crippen molar-refractivity contribution in [2.24, 2.45) is 0 Å². The molecule has 0 amide bonds. The van der Waals surface area contributed by atoms with Crippen LogP contribution in [0, 0.1) is 11.8 Å². The molecule has 2 heterocycles. The van der Waals surface area contributed by atoms with Gasteiger partial charge in [-0.3, -0.25) is 19.4 Å². The average molecular weight is 449 g/mol. The first-order valence-electron chi connectivity index (χ1n) is 11.8. The number of likely N-dealkylation sites (tertiary alicyclic amines) is 2. The monoisotopic (exact) mass is 448 g/mol. The van der Waals surface area contributed by atoms with E-state index in [0.717, 1.165) is 25.7 Å². The number of rotatable bonds is 4. The van der Waals surface area contributed by atoms with E-state index in [9.17, 15) is 9.59 Å². The molecule has 2 saturated heterocycles. The number of nitrogens with zero attached hydrogens (tertiary/aromatic N) is 2. The molecule has 0 aromatic heterocycles. The molecule has 0 bridgehead atoms. The lowest BCUT2D eigenvalue weighted by Gasteiger charge is -2.54. The van der Waals surface area contributed by atoms with Crippen LogP contribution in [0.3, 0.4) is 0 Å². The van der Waals surface area contributed by atoms with Crippen molar-refractivity contribution in [3.8, 4) is 11.8 Å². The largest absolute Gasteiger partial charge is 0.462 e. The van der Waals surface area contributed by atoms with E-state index >= 15 is 0 Å². The maximum atomic E-state index is 11.5. The normalized spacial score (nSPS) is 25.4. The van der Waals surface area contributed by atoms with Gasteiger partial charge in [0.2, 0.25) is 0 Å². The SMILES string of the molecule is CC(=O)OC1CC(C)(C)N(CC#CCN2C(C)(C)CC(OC(C)=O)CC2(C)C)C(C)(C)C1. The van der Waals surface area contributed by atoms with Crippen LogP contribution >= 0.6 is 0 Å². The highest BCUT2D eigenvalue weighted by molar-refractivity contribution is 5.66. The number of hydrogen-bond acceptors (Lipinski definition) is 6. The van der Waals surface area contributed by atoms with Gasteiger partial charge in [0.15, 0.2) is 0 Å². The Labute approximate surface area is 195 Å². The van der Waals surface area contributed by atoms with Gasteiger partial charge < -0.3 is 9.47 Å². The molecule has 6 nitrogen and oxygen atoms in total. The summed E-state index contributed by atoms with van der Waals surface area (Å²) < 4.78 is 11.1. The van der Waals surface area contributed by atoms with E-state index in [2.05, 4.69) is 77.0 Å². The Morgan fingerprint density at radius 2 is 0.906 bits per heavy atom. The summed E-state index contributed by atoms with van der Waals surface area (Å²) in [5, 5.41) is 0. The van der Waals surface area contributed by atoms with Crippen LogP contribution in [0.1, 0.15) is 94.9 Å². The van der Waals surface area contributed by atoms with Gasteiger partial charge in [-0.2, -0.15) is 0 Å². The van der Waals surface area contributed by atoms with Gasteiger partial charge in [0.1, 0.15) is 12.2 Å². The van der Waals surface area contributed by atoms with Gasteiger partial charge in [-0.1, -0.05) is 11.8 Å². The van der Waals surface area contributed by atoms with Crippen molar-refractivity contribution in [1.29, 1.82) is 0 Å². The topological polar surface area (TPSA) is 59.1 Å². The third kappa shape index (κ3) is 6.48. The first-order chi connectivity index (χ1) is 14.5. The van der Waals surface area contributed by atoms with Crippen molar-refractivity contribution in [3.05, 3.63) is 0 Å². The molecule has 0 saturated carbocycles. The molecule has 2 aliphatic heterocycles. The first kappa shape index (κ1) is 26.7. The highest BCUT2D eigenvalue weighted by Gasteiger charge is 2.47. The third-order valence-corrected chi connectivity index (χ3v) is 7.10. The fourth-order valence-electron chi connectivity index (χ4n) is 6.21. The van der Waals surface area contributed by atoms with Crippen molar-refractivity contribution < 1.29 is 19.1 Å². The minimum absolute atomic E-state index is 0.0539. The van der Waals surface area contributed by atoms with Crippen molar-refractivity contribution in [3.63, 3.8) is 0 Å². The highest BCUT2D eigenvalue weighted by atomic mass is 16.5. The number of hydrogen-bond donors (Lipinski definition) is 0. The Balaban J connectivity index is 2.08. The van der Waals surface area contributed by atoms with Gasteiger partial charge >= 0.3 is 11.9 Å². The van der Waals surface area contributed by atoms with E-state index < -0.39 is 0 Å². The van der Waals surface area contributed by atoms with E-state index in [1.807, 2.05) is 0 Å². The Bertz CT molecular complexity index is 674. The van der Waals surface area contributed by atoms with Crippen molar-refractivity contribution in [1.82, 2.24) is 9.80 Å². The molecule has 2 fully saturated rings. The molecule has 6 heteroatoms. The predicted molar refractivity (Wildman–Crippen MR) is 127 cm³/mol. The lowest BCUT2D eigenvalue weighted by atomic mass is 9.78. The number of carbonyl (C=O) groups is 2. The average Bonchev–Trinajstić information content (AvgIpc) is 2.51. The third-order valence-electron chi connectivity index (χ3n) is 7.10. The van der Waals surface area contributed by atoms with E-state index in [0.29, 0.717) is 13.1 Å². The maximum absolute atomic E-state index is 11.5. The van der Waals surface area contributed by atoms with Crippen molar-refractivity contribution >= 4 is 11.9 Å². The highest BCUT2D eigenvalue weighted by Crippen LogP contribution is 2.40. The summed E-state index contributed by atoms with van der Waals surface area (Å²) in [4.78, 5) is 27.8. The zero-order valence-electron chi connectivity index (χ0n) is 21.9. The summed E-state index contributed by atoms with van der Waals surface area (Å²) >= 11 is 0. The van der Waals surface area contributed by atoms with Crippen LogP contribution < -0.4 is 0 Å². The molecule has 2 aliphatic rings. The lowest BCUT2D eigenvalue weighted by Crippen LogP contribution is -2.62. The molecule has 182 valence electrons. The minimum atomic E-state index is -0.211. The Morgan fingerprint density at radius 3 is 1.12 bits per heavy atom. The van der Waals surface area contributed by atoms with Crippen molar-refractivity contribution in [2.75, 3.05) is 13.1 Å². The van der Waals surface area contributed by atoms with Gasteiger partial charge in [-0.05, 0) is 55.4 Å². The summed E-state index contributed by atoms with van der Waals surface area (Å²) in [7, 11) is 0. The van der Waals surface area contributed by atoms with Gasteiger partial charge in [0, 0.05) is 61.7 Å². The number of piperidine rings is 2. The minimum Gasteiger partial charge on any atom is -0.462 e. The van der Waals surface area contributed by atoms with Gasteiger partial charge in [0.05, 0.1) is 13.1 Å². The summed E-state index contributed by atoms with van der Waals surface area (Å²) in [5.74, 6) is 6.44. The Kier molecular flexibility index (Phi) is 7.79. The smallest absolute Gasteiger partial charge is 0.302 e. The van der Waals surface area contributed by atoms with Crippen LogP contribution in [-0.2, 0) is 19.1 Å². The molecule has 0 unspecified atom stereocenters. The van der Waals surface area contributed by atoms with Gasteiger partial charge in [-0.15, -0.1) is 0 Å². The molecule has 0 aromatic rings. The fraction of sp³-hybridized carbons (Fsp3) is 0.846. The summed E-state index contributed by atoms with van der Waals surface area (Å²) in [6, 6.07) is 0. The molecule has 32 heavy (non-hydrogen) atoms. The van der Waals surface area contributed by atoms with Gasteiger partial charge in [-0.25, -0.2) is 0 Å². The van der Waals surface area contributed by atoms with Crippen LogP contribution in [0.4, 0.5) is 0 Å². The van der Waals surface area contributed by atoms with E-state index in [1.54, 1.807) is 0 Å². The number of esters is 2. The number of carbonyl (C=O) groups excluding carboxylic acids is 2. The predicted octanol–water partition coefficient (Wildman–Crippen LogP) is 4.16. The zero-order chi connectivity index (χ0) is 24.5. The first-order valence-corrected chi connectivity index (χ1v) is 11.8. The Morgan fingerprint density at radius 1 is 0.656 bits per heavy atom. The molecular weight excluding hydrogens is 404 g/mol. The van der Waals surface area contributed by atoms with Crippen LogP contribution in [0.25, 0.3) is 0 Å². The maximum Gasteiger partial charge on any atom is 0.302 e. The second kappa shape index (κ2) is 9.35. The zero-order valence-corrected chi connectivity index (χ0v) is 21.9. The summed E-state index contributed by atoms with van der Waals surface area (Å²) in [5.41, 5.74) is -0.455. The van der Waals surface area contributed by atoms with Crippen LogP contribution in [0.2, 0.25) is 0 Å². The van der Waals surface area contributed by atoms with E-state index in [4.69, 9.17) is 9.47 Å². The standard InChI is InChI=1S/C26H44N2O4/c1-19(29)31-21-15-23(3,4)27(24(5,6)16-21)13-11-12-14-28-25(7,8)17-22(32-20(2)30)18-26(28,9)10/h21-22H,13-18H2,1-10H3. The van der Waals surface area contributed by atoms with E-state index in [1.165, 1.54) is 13.8 Å². The van der Waals surface area contributed by atoms with Crippen molar-refractivity contribution in [2.45, 2.75) is 129 Å². The molecule has 2 rings (SSSR count). The molecule has 0 spiro atoms. The van der Waals surface area contributed by atoms with Crippen LogP contribution in [0.5, 0.6) is 0 Å². The molecule has 0 atom stereocenters. The second-order valence-corrected chi connectivity index (χ2v) is 12.1.